The number of ether oxygens (including phenoxy) is 1. The molecule has 7 nitrogen and oxygen atoms in total. The van der Waals surface area contributed by atoms with Crippen molar-refractivity contribution >= 4 is 11.8 Å². The number of rotatable bonds is 9. The molecule has 148 valence electrons. The van der Waals surface area contributed by atoms with Crippen LogP contribution in [0.2, 0.25) is 0 Å². The molecule has 1 aromatic heterocycles. The highest BCUT2D eigenvalue weighted by Gasteiger charge is 2.22. The highest BCUT2D eigenvalue weighted by molar-refractivity contribution is 5.79. The predicted molar refractivity (Wildman–Crippen MR) is 104 cm³/mol. The van der Waals surface area contributed by atoms with Crippen LogP contribution in [0.15, 0.2) is 48.7 Å². The second kappa shape index (κ2) is 9.85. The number of carbonyl (C=O) groups excluding carboxylic acids is 2. The largest absolute Gasteiger partial charge is 0.487 e. The van der Waals surface area contributed by atoms with E-state index < -0.39 is 6.10 Å². The molecule has 2 amide bonds. The van der Waals surface area contributed by atoms with Crippen LogP contribution in [-0.4, -0.2) is 52.5 Å². The third kappa shape index (κ3) is 6.06. The van der Waals surface area contributed by atoms with Crippen LogP contribution in [0.5, 0.6) is 5.75 Å². The minimum atomic E-state index is -0.756. The second-order valence-electron chi connectivity index (χ2n) is 6.83. The number of benzene rings is 1. The Kier molecular flexibility index (Phi) is 6.97. The first-order chi connectivity index (χ1) is 13.6. The number of pyridine rings is 1. The van der Waals surface area contributed by atoms with E-state index in [0.717, 1.165) is 17.7 Å². The molecule has 1 saturated heterocycles. The van der Waals surface area contributed by atoms with Crippen LogP contribution in [0.3, 0.4) is 0 Å². The van der Waals surface area contributed by atoms with E-state index in [2.05, 4.69) is 10.3 Å². The van der Waals surface area contributed by atoms with Crippen molar-refractivity contribution in [2.24, 2.45) is 0 Å². The van der Waals surface area contributed by atoms with E-state index in [1.54, 1.807) is 11.1 Å². The van der Waals surface area contributed by atoms with Crippen molar-refractivity contribution in [2.75, 3.05) is 19.6 Å². The molecule has 2 aromatic rings. The number of β-amino-alcohol motifs (C(OH)–C–C–N with tert-alkyl or cyclic N) is 1. The maximum absolute atomic E-state index is 12.1. The lowest BCUT2D eigenvalue weighted by atomic mass is 10.1. The van der Waals surface area contributed by atoms with Crippen molar-refractivity contribution in [3.05, 3.63) is 59.9 Å². The number of hydrogen-bond donors (Lipinski definition) is 2. The third-order valence-electron chi connectivity index (χ3n) is 4.54. The fourth-order valence-electron chi connectivity index (χ4n) is 3.04. The van der Waals surface area contributed by atoms with E-state index in [1.807, 2.05) is 42.5 Å². The van der Waals surface area contributed by atoms with Crippen LogP contribution in [0.4, 0.5) is 0 Å². The topological polar surface area (TPSA) is 91.8 Å². The van der Waals surface area contributed by atoms with Crippen LogP contribution < -0.4 is 10.1 Å². The molecule has 7 heteroatoms. The lowest BCUT2D eigenvalue weighted by Crippen LogP contribution is -2.41. The first kappa shape index (κ1) is 19.8. The van der Waals surface area contributed by atoms with Gasteiger partial charge in [0.1, 0.15) is 12.4 Å². The van der Waals surface area contributed by atoms with Crippen molar-refractivity contribution in [2.45, 2.75) is 32.0 Å². The van der Waals surface area contributed by atoms with E-state index >= 15 is 0 Å². The standard InChI is InChI=1S/C21H25N3O4/c25-18(14-24-11-3-5-21(24)27)13-23-20(26)12-16-6-8-19(9-7-16)28-15-17-4-1-2-10-22-17/h1-2,4,6-10,18,25H,3,5,11-15H2,(H,23,26). The van der Waals surface area contributed by atoms with Crippen molar-refractivity contribution in [1.29, 1.82) is 0 Å². The molecule has 2 heterocycles. The number of amides is 2. The Morgan fingerprint density at radius 2 is 2.07 bits per heavy atom. The molecular formula is C21H25N3O4. The summed E-state index contributed by atoms with van der Waals surface area (Å²) in [5, 5.41) is 12.7. The summed E-state index contributed by atoms with van der Waals surface area (Å²) in [6.07, 6.45) is 2.56. The summed E-state index contributed by atoms with van der Waals surface area (Å²) >= 11 is 0. The number of aliphatic hydroxyl groups is 1. The van der Waals surface area contributed by atoms with E-state index in [9.17, 15) is 14.7 Å². The Labute approximate surface area is 164 Å². The third-order valence-corrected chi connectivity index (χ3v) is 4.54. The van der Waals surface area contributed by atoms with Gasteiger partial charge in [-0.05, 0) is 36.2 Å². The zero-order valence-electron chi connectivity index (χ0n) is 15.7. The zero-order valence-corrected chi connectivity index (χ0v) is 15.7. The molecule has 0 radical (unpaired) electrons. The Hall–Kier alpha value is -2.93. The number of aromatic nitrogens is 1. The van der Waals surface area contributed by atoms with Crippen LogP contribution in [0.1, 0.15) is 24.1 Å². The summed E-state index contributed by atoms with van der Waals surface area (Å²) < 4.78 is 5.67. The molecule has 0 saturated carbocycles. The molecule has 0 spiro atoms. The van der Waals surface area contributed by atoms with Crippen molar-refractivity contribution in [3.63, 3.8) is 0 Å². The molecule has 0 bridgehead atoms. The summed E-state index contributed by atoms with van der Waals surface area (Å²) in [7, 11) is 0. The average molecular weight is 383 g/mol. The lowest BCUT2D eigenvalue weighted by Gasteiger charge is -2.20. The van der Waals surface area contributed by atoms with Gasteiger partial charge in [-0.15, -0.1) is 0 Å². The van der Waals surface area contributed by atoms with Gasteiger partial charge in [0.05, 0.1) is 18.2 Å². The molecule has 28 heavy (non-hydrogen) atoms. The smallest absolute Gasteiger partial charge is 0.224 e. The highest BCUT2D eigenvalue weighted by Crippen LogP contribution is 2.14. The fraction of sp³-hybridized carbons (Fsp3) is 0.381. The molecule has 2 N–H and O–H groups in total. The van der Waals surface area contributed by atoms with Crippen molar-refractivity contribution in [3.8, 4) is 5.75 Å². The number of hydrogen-bond acceptors (Lipinski definition) is 5. The molecule has 1 aromatic carbocycles. The first-order valence-corrected chi connectivity index (χ1v) is 9.44. The van der Waals surface area contributed by atoms with E-state index in [1.165, 1.54) is 0 Å². The molecule has 3 rings (SSSR count). The van der Waals surface area contributed by atoms with Gasteiger partial charge < -0.3 is 20.1 Å². The van der Waals surface area contributed by atoms with Gasteiger partial charge in [-0.1, -0.05) is 18.2 Å². The molecule has 1 aliphatic rings. The Bertz CT molecular complexity index is 780. The van der Waals surface area contributed by atoms with Gasteiger partial charge in [-0.2, -0.15) is 0 Å². The number of likely N-dealkylation sites (tertiary alicyclic amines) is 1. The van der Waals surface area contributed by atoms with E-state index in [-0.39, 0.29) is 31.3 Å². The molecule has 0 aliphatic carbocycles. The van der Waals surface area contributed by atoms with Gasteiger partial charge in [-0.25, -0.2) is 0 Å². The van der Waals surface area contributed by atoms with Gasteiger partial charge in [0.15, 0.2) is 0 Å². The van der Waals surface area contributed by atoms with Crippen molar-refractivity contribution in [1.82, 2.24) is 15.2 Å². The number of aliphatic hydroxyl groups excluding tert-OH is 1. The minimum absolute atomic E-state index is 0.0655. The Morgan fingerprint density at radius 1 is 1.25 bits per heavy atom. The fourth-order valence-corrected chi connectivity index (χ4v) is 3.04. The molecular weight excluding hydrogens is 358 g/mol. The number of nitrogens with one attached hydrogen (secondary N) is 1. The van der Waals surface area contributed by atoms with Crippen molar-refractivity contribution < 1.29 is 19.4 Å². The first-order valence-electron chi connectivity index (χ1n) is 9.44. The predicted octanol–water partition coefficient (Wildman–Crippen LogP) is 1.30. The van der Waals surface area contributed by atoms with Gasteiger partial charge in [0.25, 0.3) is 0 Å². The maximum Gasteiger partial charge on any atom is 0.224 e. The molecule has 1 fully saturated rings. The quantitative estimate of drug-likeness (QED) is 0.681. The van der Waals surface area contributed by atoms with Gasteiger partial charge in [0.2, 0.25) is 11.8 Å². The summed E-state index contributed by atoms with van der Waals surface area (Å²) in [6, 6.07) is 13.0. The molecule has 1 aliphatic heterocycles. The molecule has 1 unspecified atom stereocenters. The second-order valence-corrected chi connectivity index (χ2v) is 6.83. The normalized spacial score (nSPS) is 14.8. The Balaban J connectivity index is 1.38. The van der Waals surface area contributed by atoms with Crippen LogP contribution >= 0.6 is 0 Å². The van der Waals surface area contributed by atoms with Crippen LogP contribution in [0.25, 0.3) is 0 Å². The van der Waals surface area contributed by atoms with Gasteiger partial charge >= 0.3 is 0 Å². The highest BCUT2D eigenvalue weighted by atomic mass is 16.5. The number of carbonyl (C=O) groups is 2. The maximum atomic E-state index is 12.1. The monoisotopic (exact) mass is 383 g/mol. The summed E-state index contributed by atoms with van der Waals surface area (Å²) in [5.74, 6) is 0.602. The summed E-state index contributed by atoms with van der Waals surface area (Å²) in [6.45, 7) is 1.46. The minimum Gasteiger partial charge on any atom is -0.487 e. The number of nitrogens with zero attached hydrogens (tertiary/aromatic N) is 2. The summed E-state index contributed by atoms with van der Waals surface area (Å²) in [5.41, 5.74) is 1.70. The van der Waals surface area contributed by atoms with E-state index in [4.69, 9.17) is 4.74 Å². The van der Waals surface area contributed by atoms with Crippen LogP contribution in [0, 0.1) is 0 Å². The Morgan fingerprint density at radius 3 is 2.75 bits per heavy atom. The zero-order chi connectivity index (χ0) is 19.8. The average Bonchev–Trinajstić information content (AvgIpc) is 3.11. The lowest BCUT2D eigenvalue weighted by molar-refractivity contribution is -0.128. The summed E-state index contributed by atoms with van der Waals surface area (Å²) in [4.78, 5) is 29.5. The van der Waals surface area contributed by atoms with Gasteiger partial charge in [-0.3, -0.25) is 14.6 Å². The molecule has 1 atom stereocenters. The van der Waals surface area contributed by atoms with Gasteiger partial charge in [0, 0.05) is 32.3 Å². The van der Waals surface area contributed by atoms with E-state index in [0.29, 0.717) is 25.3 Å². The van der Waals surface area contributed by atoms with Crippen LogP contribution in [-0.2, 0) is 22.6 Å². The SMILES string of the molecule is O=C(Cc1ccc(OCc2ccccn2)cc1)NCC(O)CN1CCCC1=O.